The van der Waals surface area contributed by atoms with Gasteiger partial charge in [0.25, 0.3) is 5.91 Å². The second kappa shape index (κ2) is 10.7. The zero-order valence-electron chi connectivity index (χ0n) is 26.0. The average molecular weight is 619 g/mol. The van der Waals surface area contributed by atoms with Gasteiger partial charge in [-0.05, 0) is 62.3 Å². The molecule has 2 aliphatic carbocycles. The van der Waals surface area contributed by atoms with Crippen molar-refractivity contribution < 1.29 is 22.7 Å². The number of rotatable bonds is 5. The zero-order valence-corrected chi connectivity index (χ0v) is 26.8. The molecule has 0 bridgehead atoms. The highest BCUT2D eigenvalue weighted by molar-refractivity contribution is 7.87. The number of benzene rings is 2. The molecule has 2 amide bonds. The second-order valence-electron chi connectivity index (χ2n) is 13.6. The van der Waals surface area contributed by atoms with E-state index in [1.165, 1.54) is 50.0 Å². The number of carbonyl (C=O) groups excluding carboxylic acids is 2. The van der Waals surface area contributed by atoms with Crippen LogP contribution in [0.1, 0.15) is 85.7 Å². The van der Waals surface area contributed by atoms with Crippen molar-refractivity contribution in [3.63, 3.8) is 0 Å². The minimum atomic E-state index is -3.95. The van der Waals surface area contributed by atoms with Gasteiger partial charge in [-0.25, -0.2) is 4.72 Å². The van der Waals surface area contributed by atoms with Crippen LogP contribution in [0.15, 0.2) is 42.5 Å². The van der Waals surface area contributed by atoms with E-state index in [2.05, 4.69) is 33.6 Å². The molecular formula is C34H42N4O5S. The van der Waals surface area contributed by atoms with Crippen molar-refractivity contribution in [3.8, 4) is 11.3 Å². The number of ether oxygens (including phenoxy) is 1. The number of fused-ring (bicyclic) bond motifs is 7. The van der Waals surface area contributed by atoms with Gasteiger partial charge in [-0.2, -0.15) is 12.7 Å². The molecule has 0 radical (unpaired) electrons. The van der Waals surface area contributed by atoms with Crippen LogP contribution in [0, 0.1) is 5.41 Å². The van der Waals surface area contributed by atoms with E-state index in [1.54, 1.807) is 6.07 Å². The SMILES string of the molecule is C[C@@H]1CN(C(=O)C23CC2c2ccccc2-c2c(C4CCCCC4)c4ccc(C(=O)NS(=O)(=O)N(C)C)cc4n2C3)C[C@H](C)O1. The number of nitrogens with zero attached hydrogens (tertiary/aromatic N) is 3. The van der Waals surface area contributed by atoms with E-state index in [4.69, 9.17) is 4.74 Å². The third-order valence-corrected chi connectivity index (χ3v) is 11.7. The fraction of sp³-hybridized carbons (Fsp3) is 0.529. The van der Waals surface area contributed by atoms with E-state index in [1.807, 2.05) is 30.9 Å². The number of hydrogen-bond acceptors (Lipinski definition) is 5. The predicted molar refractivity (Wildman–Crippen MR) is 170 cm³/mol. The molecule has 2 aromatic carbocycles. The van der Waals surface area contributed by atoms with Crippen LogP contribution in [0.4, 0.5) is 0 Å². The summed E-state index contributed by atoms with van der Waals surface area (Å²) < 4.78 is 36.4. The van der Waals surface area contributed by atoms with E-state index >= 15 is 0 Å². The Kier molecular flexibility index (Phi) is 7.18. The van der Waals surface area contributed by atoms with Crippen molar-refractivity contribution in [3.05, 3.63) is 59.2 Å². The number of carbonyl (C=O) groups is 2. The Bertz CT molecular complexity index is 1750. The van der Waals surface area contributed by atoms with E-state index in [0.29, 0.717) is 25.6 Å². The zero-order chi connectivity index (χ0) is 31.0. The van der Waals surface area contributed by atoms with Gasteiger partial charge in [-0.1, -0.05) is 49.6 Å². The topological polar surface area (TPSA) is 101 Å². The maximum Gasteiger partial charge on any atom is 0.303 e. The van der Waals surface area contributed by atoms with Crippen LogP contribution < -0.4 is 4.72 Å². The normalized spacial score (nSPS) is 26.9. The Balaban J connectivity index is 1.41. The van der Waals surface area contributed by atoms with Crippen molar-refractivity contribution in [2.24, 2.45) is 5.41 Å². The lowest BCUT2D eigenvalue weighted by Gasteiger charge is -2.37. The van der Waals surface area contributed by atoms with Crippen LogP contribution in [0.5, 0.6) is 0 Å². The molecule has 4 aliphatic rings. The number of nitrogens with one attached hydrogen (secondary N) is 1. The maximum absolute atomic E-state index is 14.5. The average Bonchev–Trinajstić information content (AvgIpc) is 3.66. The third-order valence-electron chi connectivity index (χ3n) is 10.3. The van der Waals surface area contributed by atoms with E-state index in [9.17, 15) is 18.0 Å². The van der Waals surface area contributed by atoms with Gasteiger partial charge < -0.3 is 14.2 Å². The molecule has 10 heteroatoms. The largest absolute Gasteiger partial charge is 0.372 e. The number of hydrogen-bond donors (Lipinski definition) is 1. The Hall–Kier alpha value is -3.21. The summed E-state index contributed by atoms with van der Waals surface area (Å²) in [6, 6.07) is 14.1. The van der Waals surface area contributed by atoms with Crippen molar-refractivity contribution in [2.75, 3.05) is 27.2 Å². The Morgan fingerprint density at radius 1 is 1.00 bits per heavy atom. The monoisotopic (exact) mass is 618 g/mol. The molecule has 3 fully saturated rings. The van der Waals surface area contributed by atoms with Crippen molar-refractivity contribution >= 4 is 32.9 Å². The Morgan fingerprint density at radius 2 is 1.70 bits per heavy atom. The number of amides is 2. The highest BCUT2D eigenvalue weighted by Gasteiger charge is 2.64. The number of morpholine rings is 1. The summed E-state index contributed by atoms with van der Waals surface area (Å²) in [6.07, 6.45) is 6.55. The molecule has 2 saturated carbocycles. The standard InChI is InChI=1S/C34H42N4O5S/c1-21-18-37(19-22(2)43-21)33(40)34-17-28(34)25-12-8-9-13-26(25)31-30(23-10-6-5-7-11-23)27-15-14-24(16-29(27)38(31)20-34)32(39)35-44(41,42)36(3)4/h8-9,12-16,21-23,28H,5-7,10-11,17-20H2,1-4H3,(H,35,39)/t21-,22+,28?,34?. The van der Waals surface area contributed by atoms with Crippen molar-refractivity contribution in [1.82, 2.24) is 18.5 Å². The molecule has 1 aromatic heterocycles. The minimum Gasteiger partial charge on any atom is -0.372 e. The van der Waals surface area contributed by atoms with Crippen LogP contribution in [-0.4, -0.2) is 73.4 Å². The van der Waals surface area contributed by atoms with Gasteiger partial charge in [-0.3, -0.25) is 9.59 Å². The molecule has 4 atom stereocenters. The molecule has 44 heavy (non-hydrogen) atoms. The molecule has 2 unspecified atom stereocenters. The fourth-order valence-electron chi connectivity index (χ4n) is 8.19. The lowest BCUT2D eigenvalue weighted by molar-refractivity contribution is -0.149. The van der Waals surface area contributed by atoms with E-state index < -0.39 is 21.5 Å². The fourth-order valence-corrected chi connectivity index (χ4v) is 8.73. The van der Waals surface area contributed by atoms with Gasteiger partial charge >= 0.3 is 10.2 Å². The molecule has 1 N–H and O–H groups in total. The molecular weight excluding hydrogens is 576 g/mol. The molecule has 0 spiro atoms. The van der Waals surface area contributed by atoms with Gasteiger partial charge in [-0.15, -0.1) is 0 Å². The summed E-state index contributed by atoms with van der Waals surface area (Å²) in [5.74, 6) is 0.00635. The first-order chi connectivity index (χ1) is 21.0. The molecule has 3 aromatic rings. The summed E-state index contributed by atoms with van der Waals surface area (Å²) in [7, 11) is -1.18. The molecule has 9 nitrogen and oxygen atoms in total. The first kappa shape index (κ1) is 29.5. The Labute approximate surface area is 259 Å². The van der Waals surface area contributed by atoms with E-state index in [0.717, 1.165) is 40.2 Å². The lowest BCUT2D eigenvalue weighted by atomic mass is 9.81. The summed E-state index contributed by atoms with van der Waals surface area (Å²) in [6.45, 7) is 5.73. The van der Waals surface area contributed by atoms with Gasteiger partial charge in [0.2, 0.25) is 5.91 Å². The van der Waals surface area contributed by atoms with Crippen molar-refractivity contribution in [2.45, 2.75) is 83.0 Å². The first-order valence-corrected chi connectivity index (χ1v) is 17.4. The molecule has 3 heterocycles. The van der Waals surface area contributed by atoms with Crippen LogP contribution >= 0.6 is 0 Å². The van der Waals surface area contributed by atoms with Gasteiger partial charge in [0, 0.05) is 61.7 Å². The van der Waals surface area contributed by atoms with Crippen LogP contribution in [0.25, 0.3) is 22.2 Å². The van der Waals surface area contributed by atoms with Gasteiger partial charge in [0.15, 0.2) is 0 Å². The molecule has 7 rings (SSSR count). The Morgan fingerprint density at radius 3 is 2.41 bits per heavy atom. The second-order valence-corrected chi connectivity index (χ2v) is 15.5. The first-order valence-electron chi connectivity index (χ1n) is 15.9. The smallest absolute Gasteiger partial charge is 0.303 e. The highest BCUT2D eigenvalue weighted by Crippen LogP contribution is 2.66. The molecule has 1 saturated heterocycles. The molecule has 234 valence electrons. The quantitative estimate of drug-likeness (QED) is 0.433. The van der Waals surface area contributed by atoms with Crippen LogP contribution in [0.3, 0.4) is 0 Å². The summed E-state index contributed by atoms with van der Waals surface area (Å²) in [4.78, 5) is 29.8. The third kappa shape index (κ3) is 4.77. The van der Waals surface area contributed by atoms with Crippen molar-refractivity contribution in [1.29, 1.82) is 0 Å². The summed E-state index contributed by atoms with van der Waals surface area (Å²) >= 11 is 0. The van der Waals surface area contributed by atoms with Gasteiger partial charge in [0.1, 0.15) is 0 Å². The van der Waals surface area contributed by atoms with E-state index in [-0.39, 0.29) is 29.6 Å². The van der Waals surface area contributed by atoms with Crippen LogP contribution in [-0.2, 0) is 26.3 Å². The highest BCUT2D eigenvalue weighted by atomic mass is 32.2. The number of aromatic nitrogens is 1. The minimum absolute atomic E-state index is 0.0187. The predicted octanol–water partition coefficient (Wildman–Crippen LogP) is 5.02. The summed E-state index contributed by atoms with van der Waals surface area (Å²) in [5.41, 5.74) is 5.44. The lowest BCUT2D eigenvalue weighted by Crippen LogP contribution is -2.51. The molecule has 2 aliphatic heterocycles. The van der Waals surface area contributed by atoms with Crippen LogP contribution in [0.2, 0.25) is 0 Å². The summed E-state index contributed by atoms with van der Waals surface area (Å²) in [5, 5.41) is 1.09. The van der Waals surface area contributed by atoms with Gasteiger partial charge in [0.05, 0.1) is 23.3 Å². The maximum atomic E-state index is 14.5.